The van der Waals surface area contributed by atoms with Gasteiger partial charge in [0, 0.05) is 18.3 Å². The lowest BCUT2D eigenvalue weighted by molar-refractivity contribution is -0.159. The van der Waals surface area contributed by atoms with E-state index in [2.05, 4.69) is 19.6 Å². The van der Waals surface area contributed by atoms with Crippen molar-refractivity contribution < 1.29 is 27.6 Å². The van der Waals surface area contributed by atoms with Crippen molar-refractivity contribution in [1.82, 2.24) is 19.7 Å². The minimum absolute atomic E-state index is 0.0712. The number of alkyl halides is 3. The highest BCUT2D eigenvalue weighted by atomic mass is 19.4. The van der Waals surface area contributed by atoms with E-state index >= 15 is 0 Å². The number of hydrogen-bond acceptors (Lipinski definition) is 5. The van der Waals surface area contributed by atoms with Crippen molar-refractivity contribution in [1.29, 1.82) is 0 Å². The zero-order valence-corrected chi connectivity index (χ0v) is 11.9. The Morgan fingerprint density at radius 3 is 2.50 bits per heavy atom. The van der Waals surface area contributed by atoms with Crippen molar-refractivity contribution in [3.63, 3.8) is 0 Å². The topological polar surface area (TPSA) is 94.0 Å². The Kier molecular flexibility index (Phi) is 3.80. The molecule has 3 aromatic rings. The predicted molar refractivity (Wildman–Crippen MR) is 73.0 cm³/mol. The molecular weight excluding hydrogens is 329 g/mol. The monoisotopic (exact) mass is 338 g/mol. The van der Waals surface area contributed by atoms with Gasteiger partial charge in [-0.1, -0.05) is 29.4 Å². The van der Waals surface area contributed by atoms with Crippen molar-refractivity contribution in [2.75, 3.05) is 0 Å². The lowest BCUT2D eigenvalue weighted by Gasteiger charge is -2.03. The molecule has 2 heterocycles. The van der Waals surface area contributed by atoms with Gasteiger partial charge in [-0.05, 0) is 5.56 Å². The molecule has 0 atom stereocenters. The molecule has 0 radical (unpaired) electrons. The van der Waals surface area contributed by atoms with Crippen LogP contribution in [0.25, 0.3) is 11.4 Å². The van der Waals surface area contributed by atoms with E-state index in [1.54, 1.807) is 28.8 Å². The van der Waals surface area contributed by atoms with Gasteiger partial charge in [-0.3, -0.25) is 0 Å². The molecule has 3 rings (SSSR count). The summed E-state index contributed by atoms with van der Waals surface area (Å²) in [6.45, 7) is 0.362. The van der Waals surface area contributed by atoms with Gasteiger partial charge < -0.3 is 14.2 Å². The normalized spacial score (nSPS) is 11.6. The number of rotatable bonds is 4. The molecule has 10 heteroatoms. The first-order chi connectivity index (χ1) is 11.3. The van der Waals surface area contributed by atoms with Crippen LogP contribution < -0.4 is 0 Å². The summed E-state index contributed by atoms with van der Waals surface area (Å²) in [7, 11) is 0. The van der Waals surface area contributed by atoms with Gasteiger partial charge in [0.05, 0.1) is 6.33 Å². The maximum Gasteiger partial charge on any atom is 0.471 e. The Hall–Kier alpha value is -3.17. The number of carboxylic acids is 1. The SMILES string of the molecule is O=C(O)c1cn(Cc2ccc(-c3noc(C(F)(F)F)n3)cc2)cn1. The quantitative estimate of drug-likeness (QED) is 0.786. The van der Waals surface area contributed by atoms with Crippen LogP contribution in [0.5, 0.6) is 0 Å². The number of aromatic carboxylic acids is 1. The van der Waals surface area contributed by atoms with Gasteiger partial charge in [0.1, 0.15) is 0 Å². The molecule has 0 unspecified atom stereocenters. The van der Waals surface area contributed by atoms with E-state index in [0.29, 0.717) is 12.1 Å². The number of hydrogen-bond donors (Lipinski definition) is 1. The maximum absolute atomic E-state index is 12.4. The van der Waals surface area contributed by atoms with Crippen LogP contribution in [0.15, 0.2) is 41.3 Å². The molecule has 24 heavy (non-hydrogen) atoms. The molecule has 0 aliphatic carbocycles. The van der Waals surface area contributed by atoms with Gasteiger partial charge in [-0.25, -0.2) is 9.78 Å². The van der Waals surface area contributed by atoms with Gasteiger partial charge in [0.15, 0.2) is 5.69 Å². The van der Waals surface area contributed by atoms with Crippen molar-refractivity contribution >= 4 is 5.97 Å². The van der Waals surface area contributed by atoms with Crippen molar-refractivity contribution in [2.45, 2.75) is 12.7 Å². The summed E-state index contributed by atoms with van der Waals surface area (Å²) >= 11 is 0. The number of nitrogens with zero attached hydrogens (tertiary/aromatic N) is 4. The van der Waals surface area contributed by atoms with E-state index in [1.807, 2.05) is 0 Å². The summed E-state index contributed by atoms with van der Waals surface area (Å²) in [5, 5.41) is 12.1. The van der Waals surface area contributed by atoms with Crippen LogP contribution >= 0.6 is 0 Å². The van der Waals surface area contributed by atoms with E-state index in [4.69, 9.17) is 5.11 Å². The van der Waals surface area contributed by atoms with Crippen molar-refractivity contribution in [2.24, 2.45) is 0 Å². The average molecular weight is 338 g/mol. The van der Waals surface area contributed by atoms with Gasteiger partial charge in [0.25, 0.3) is 0 Å². The van der Waals surface area contributed by atoms with E-state index < -0.39 is 18.0 Å². The summed E-state index contributed by atoms with van der Waals surface area (Å²) in [6.07, 6.45) is -1.92. The highest BCUT2D eigenvalue weighted by Gasteiger charge is 2.38. The van der Waals surface area contributed by atoms with Crippen LogP contribution in [0.4, 0.5) is 13.2 Å². The standard InChI is InChI=1S/C14H9F3N4O3/c15-14(16,17)13-19-11(20-24-13)9-3-1-8(2-4-9)5-21-6-10(12(22)23)18-7-21/h1-4,6-7H,5H2,(H,22,23). The smallest absolute Gasteiger partial charge is 0.471 e. The van der Waals surface area contributed by atoms with Crippen molar-refractivity contribution in [3.05, 3.63) is 53.9 Å². The molecule has 0 aliphatic rings. The molecule has 2 aromatic heterocycles. The van der Waals surface area contributed by atoms with Gasteiger partial charge in [-0.15, -0.1) is 0 Å². The Morgan fingerprint density at radius 1 is 1.25 bits per heavy atom. The van der Waals surface area contributed by atoms with Gasteiger partial charge >= 0.3 is 18.0 Å². The lowest BCUT2D eigenvalue weighted by atomic mass is 10.1. The molecule has 0 aliphatic heterocycles. The van der Waals surface area contributed by atoms with Crippen LogP contribution in [0.3, 0.4) is 0 Å². The lowest BCUT2D eigenvalue weighted by Crippen LogP contribution is -2.04. The van der Waals surface area contributed by atoms with E-state index in [0.717, 1.165) is 5.56 Å². The fourth-order valence-corrected chi connectivity index (χ4v) is 1.98. The van der Waals surface area contributed by atoms with E-state index in [1.165, 1.54) is 12.5 Å². The Labute approximate surface area is 132 Å². The van der Waals surface area contributed by atoms with Crippen LogP contribution in [0.1, 0.15) is 21.9 Å². The zero-order chi connectivity index (χ0) is 17.3. The molecule has 1 N–H and O–H groups in total. The number of carbonyl (C=O) groups is 1. The first kappa shape index (κ1) is 15.7. The molecule has 0 amide bonds. The third kappa shape index (κ3) is 3.26. The molecule has 0 bridgehead atoms. The number of imidazole rings is 1. The van der Waals surface area contributed by atoms with Crippen LogP contribution in [-0.2, 0) is 12.7 Å². The summed E-state index contributed by atoms with van der Waals surface area (Å²) < 4.78 is 43.1. The second-order valence-electron chi connectivity index (χ2n) is 4.85. The first-order valence-corrected chi connectivity index (χ1v) is 6.58. The largest absolute Gasteiger partial charge is 0.476 e. The third-order valence-electron chi connectivity index (χ3n) is 3.10. The van der Waals surface area contributed by atoms with Gasteiger partial charge in [-0.2, -0.15) is 18.2 Å². The molecule has 0 fully saturated rings. The number of carboxylic acid groups (broad SMARTS) is 1. The minimum Gasteiger partial charge on any atom is -0.476 e. The number of benzene rings is 1. The molecule has 0 spiro atoms. The Morgan fingerprint density at radius 2 is 1.96 bits per heavy atom. The van der Waals surface area contributed by atoms with E-state index in [9.17, 15) is 18.0 Å². The molecule has 7 nitrogen and oxygen atoms in total. The average Bonchev–Trinajstić information content (AvgIpc) is 3.16. The maximum atomic E-state index is 12.4. The summed E-state index contributed by atoms with van der Waals surface area (Å²) in [4.78, 5) is 17.8. The third-order valence-corrected chi connectivity index (χ3v) is 3.10. The molecule has 124 valence electrons. The fourth-order valence-electron chi connectivity index (χ4n) is 1.98. The Balaban J connectivity index is 1.75. The fraction of sp³-hybridized carbons (Fsp3) is 0.143. The molecule has 0 saturated heterocycles. The summed E-state index contributed by atoms with van der Waals surface area (Å²) in [5.41, 5.74) is 1.10. The van der Waals surface area contributed by atoms with E-state index in [-0.39, 0.29) is 11.5 Å². The Bertz CT molecular complexity index is 868. The van der Waals surface area contributed by atoms with Crippen LogP contribution in [0, 0.1) is 0 Å². The molecule has 1 aromatic carbocycles. The second-order valence-corrected chi connectivity index (χ2v) is 4.85. The minimum atomic E-state index is -4.69. The number of halogens is 3. The highest BCUT2D eigenvalue weighted by Crippen LogP contribution is 2.29. The zero-order valence-electron chi connectivity index (χ0n) is 11.9. The second kappa shape index (κ2) is 5.80. The molecule has 0 saturated carbocycles. The predicted octanol–water partition coefficient (Wildman–Crippen LogP) is 2.70. The summed E-state index contributed by atoms with van der Waals surface area (Å²) in [5.74, 6) is -2.69. The molecular formula is C14H9F3N4O3. The highest BCUT2D eigenvalue weighted by molar-refractivity contribution is 5.84. The van der Waals surface area contributed by atoms with Crippen LogP contribution in [-0.4, -0.2) is 30.8 Å². The summed E-state index contributed by atoms with van der Waals surface area (Å²) in [6, 6.07) is 6.43. The van der Waals surface area contributed by atoms with Gasteiger partial charge in [0.2, 0.25) is 5.82 Å². The first-order valence-electron chi connectivity index (χ1n) is 6.58. The van der Waals surface area contributed by atoms with Crippen molar-refractivity contribution in [3.8, 4) is 11.4 Å². The van der Waals surface area contributed by atoms with Crippen LogP contribution in [0.2, 0.25) is 0 Å². The number of aromatic nitrogens is 4.